The molecule has 0 bridgehead atoms. The van der Waals surface area contributed by atoms with Crippen molar-refractivity contribution in [2.75, 3.05) is 17.0 Å². The highest BCUT2D eigenvalue weighted by molar-refractivity contribution is 7.98. The van der Waals surface area contributed by atoms with Crippen LogP contribution in [0.3, 0.4) is 0 Å². The van der Waals surface area contributed by atoms with Crippen LogP contribution in [0.5, 0.6) is 0 Å². The second-order valence-electron chi connectivity index (χ2n) is 5.44. The third-order valence-corrected chi connectivity index (χ3v) is 4.99. The average molecular weight is 383 g/mol. The van der Waals surface area contributed by atoms with E-state index in [0.717, 1.165) is 27.6 Å². The number of amides is 1. The summed E-state index contributed by atoms with van der Waals surface area (Å²) in [5.41, 5.74) is 6.62. The van der Waals surface area contributed by atoms with E-state index in [9.17, 15) is 4.79 Å². The smallest absolute Gasteiger partial charge is 0.221 e. The van der Waals surface area contributed by atoms with E-state index in [1.807, 2.05) is 41.8 Å². The molecule has 5 nitrogen and oxygen atoms in total. The van der Waals surface area contributed by atoms with Crippen molar-refractivity contribution in [1.29, 1.82) is 0 Å². The van der Waals surface area contributed by atoms with Crippen LogP contribution in [0, 0.1) is 0 Å². The number of benzene rings is 2. The zero-order valence-corrected chi connectivity index (χ0v) is 16.0. The summed E-state index contributed by atoms with van der Waals surface area (Å²) in [5.74, 6) is -0.0844. The van der Waals surface area contributed by atoms with E-state index < -0.39 is 0 Å². The van der Waals surface area contributed by atoms with Crippen LogP contribution in [-0.2, 0) is 4.79 Å². The number of anilines is 2. The zero-order chi connectivity index (χ0) is 18.4. The number of thioether (sulfide) groups is 1. The molecule has 132 valence electrons. The maximum absolute atomic E-state index is 11.1. The number of rotatable bonds is 6. The lowest BCUT2D eigenvalue weighted by molar-refractivity contribution is -0.114. The third kappa shape index (κ3) is 4.93. The van der Waals surface area contributed by atoms with Crippen molar-refractivity contribution in [3.8, 4) is 11.3 Å². The quantitative estimate of drug-likeness (QED) is 0.360. The summed E-state index contributed by atoms with van der Waals surface area (Å²) < 4.78 is 0. The van der Waals surface area contributed by atoms with Crippen LogP contribution in [0.2, 0.25) is 0 Å². The second kappa shape index (κ2) is 8.64. The summed E-state index contributed by atoms with van der Waals surface area (Å²) in [6.07, 6.45) is 3.82. The highest BCUT2D eigenvalue weighted by atomic mass is 32.2. The van der Waals surface area contributed by atoms with Gasteiger partial charge in [-0.25, -0.2) is 4.98 Å². The molecule has 0 aliphatic carbocycles. The summed E-state index contributed by atoms with van der Waals surface area (Å²) in [7, 11) is 0. The molecule has 1 heterocycles. The van der Waals surface area contributed by atoms with Crippen LogP contribution >= 0.6 is 23.1 Å². The summed E-state index contributed by atoms with van der Waals surface area (Å²) in [4.78, 5) is 16.8. The van der Waals surface area contributed by atoms with Gasteiger partial charge in [0.25, 0.3) is 0 Å². The lowest BCUT2D eigenvalue weighted by Gasteiger charge is -2.02. The number of aromatic nitrogens is 1. The molecule has 1 amide bonds. The van der Waals surface area contributed by atoms with Crippen LogP contribution in [0.15, 0.2) is 63.9 Å². The van der Waals surface area contributed by atoms with Crippen molar-refractivity contribution in [2.45, 2.75) is 11.8 Å². The number of hydrazone groups is 1. The van der Waals surface area contributed by atoms with E-state index in [1.54, 1.807) is 18.0 Å². The zero-order valence-electron chi connectivity index (χ0n) is 14.4. The number of nitrogens with zero attached hydrogens (tertiary/aromatic N) is 2. The van der Waals surface area contributed by atoms with Crippen molar-refractivity contribution in [1.82, 2.24) is 4.98 Å². The fourth-order valence-corrected chi connectivity index (χ4v) is 3.31. The molecule has 0 fully saturated rings. The van der Waals surface area contributed by atoms with Gasteiger partial charge in [0.2, 0.25) is 11.0 Å². The maximum Gasteiger partial charge on any atom is 0.221 e. The number of carbonyl (C=O) groups is 1. The Balaban J connectivity index is 1.62. The van der Waals surface area contributed by atoms with Crippen molar-refractivity contribution in [3.63, 3.8) is 0 Å². The molecule has 0 spiro atoms. The molecule has 0 saturated heterocycles. The predicted octanol–water partition coefficient (Wildman–Crippen LogP) is 4.94. The molecule has 2 N–H and O–H groups in total. The molecule has 0 radical (unpaired) electrons. The van der Waals surface area contributed by atoms with Gasteiger partial charge in [-0.05, 0) is 36.1 Å². The van der Waals surface area contributed by atoms with Crippen molar-refractivity contribution < 1.29 is 4.79 Å². The fourth-order valence-electron chi connectivity index (χ4n) is 2.24. The second-order valence-corrected chi connectivity index (χ2v) is 7.18. The first-order valence-electron chi connectivity index (χ1n) is 7.91. The fraction of sp³-hybridized carbons (Fsp3) is 0.105. The minimum absolute atomic E-state index is 0.0844. The Morgan fingerprint density at radius 2 is 1.88 bits per heavy atom. The summed E-state index contributed by atoms with van der Waals surface area (Å²) in [5, 5.41) is 9.69. The predicted molar refractivity (Wildman–Crippen MR) is 111 cm³/mol. The molecule has 7 heteroatoms. The van der Waals surface area contributed by atoms with Crippen molar-refractivity contribution >= 4 is 46.0 Å². The number of thiazole rings is 1. The summed E-state index contributed by atoms with van der Waals surface area (Å²) in [6, 6.07) is 15.8. The largest absolute Gasteiger partial charge is 0.326 e. The van der Waals surface area contributed by atoms with Gasteiger partial charge in [-0.3, -0.25) is 10.2 Å². The monoisotopic (exact) mass is 382 g/mol. The maximum atomic E-state index is 11.1. The van der Waals surface area contributed by atoms with Gasteiger partial charge < -0.3 is 5.32 Å². The van der Waals surface area contributed by atoms with Crippen LogP contribution in [-0.4, -0.2) is 23.4 Å². The normalized spacial score (nSPS) is 10.8. The number of nitrogens with one attached hydrogen (secondary N) is 2. The SMILES string of the molecule is CSc1ccc(/C=N/Nc2nc(-c3ccc(NC(C)=O)cc3)cs2)cc1. The molecular weight excluding hydrogens is 364 g/mol. The Labute approximate surface area is 160 Å². The van der Waals surface area contributed by atoms with E-state index in [0.29, 0.717) is 0 Å². The Kier molecular flexibility index (Phi) is 6.04. The molecule has 2 aromatic carbocycles. The van der Waals surface area contributed by atoms with Gasteiger partial charge in [0, 0.05) is 28.5 Å². The lowest BCUT2D eigenvalue weighted by Crippen LogP contribution is -2.05. The Morgan fingerprint density at radius 3 is 2.54 bits per heavy atom. The summed E-state index contributed by atoms with van der Waals surface area (Å²) >= 11 is 3.20. The van der Waals surface area contributed by atoms with Crippen LogP contribution in [0.4, 0.5) is 10.8 Å². The minimum atomic E-state index is -0.0844. The molecule has 0 saturated carbocycles. The Hall–Kier alpha value is -2.64. The molecule has 0 aliphatic heterocycles. The minimum Gasteiger partial charge on any atom is -0.326 e. The molecule has 0 aliphatic rings. The highest BCUT2D eigenvalue weighted by Crippen LogP contribution is 2.26. The number of hydrogen-bond donors (Lipinski definition) is 2. The molecule has 26 heavy (non-hydrogen) atoms. The topological polar surface area (TPSA) is 66.4 Å². The van der Waals surface area contributed by atoms with E-state index in [4.69, 9.17) is 0 Å². The number of hydrogen-bond acceptors (Lipinski definition) is 6. The first kappa shape index (κ1) is 18.2. The van der Waals surface area contributed by atoms with Gasteiger partial charge in [-0.1, -0.05) is 24.3 Å². The van der Waals surface area contributed by atoms with Crippen LogP contribution in [0.25, 0.3) is 11.3 Å². The van der Waals surface area contributed by atoms with Gasteiger partial charge >= 0.3 is 0 Å². The van der Waals surface area contributed by atoms with E-state index in [1.165, 1.54) is 23.2 Å². The Morgan fingerprint density at radius 1 is 1.15 bits per heavy atom. The molecule has 1 aromatic heterocycles. The van der Waals surface area contributed by atoms with Gasteiger partial charge in [-0.15, -0.1) is 23.1 Å². The van der Waals surface area contributed by atoms with Crippen LogP contribution in [0.1, 0.15) is 12.5 Å². The molecular formula is C19H18N4OS2. The number of carbonyl (C=O) groups excluding carboxylic acids is 1. The molecule has 3 rings (SSSR count). The third-order valence-electron chi connectivity index (χ3n) is 3.49. The van der Waals surface area contributed by atoms with Crippen LogP contribution < -0.4 is 10.7 Å². The average Bonchev–Trinajstić information content (AvgIpc) is 3.11. The molecule has 3 aromatic rings. The Bertz CT molecular complexity index is 902. The van der Waals surface area contributed by atoms with Crippen molar-refractivity contribution in [2.24, 2.45) is 5.10 Å². The van der Waals surface area contributed by atoms with E-state index >= 15 is 0 Å². The van der Waals surface area contributed by atoms with E-state index in [-0.39, 0.29) is 5.91 Å². The molecule has 0 atom stereocenters. The first-order chi connectivity index (χ1) is 12.6. The highest BCUT2D eigenvalue weighted by Gasteiger charge is 2.04. The van der Waals surface area contributed by atoms with Crippen molar-refractivity contribution in [3.05, 3.63) is 59.5 Å². The molecule has 0 unspecified atom stereocenters. The van der Waals surface area contributed by atoms with E-state index in [2.05, 4.69) is 39.2 Å². The van der Waals surface area contributed by atoms with Gasteiger partial charge in [0.05, 0.1) is 11.9 Å². The van der Waals surface area contributed by atoms with Gasteiger partial charge in [0.15, 0.2) is 0 Å². The van der Waals surface area contributed by atoms with Gasteiger partial charge in [-0.2, -0.15) is 5.10 Å². The summed E-state index contributed by atoms with van der Waals surface area (Å²) in [6.45, 7) is 1.49. The lowest BCUT2D eigenvalue weighted by atomic mass is 10.1. The van der Waals surface area contributed by atoms with Gasteiger partial charge in [0.1, 0.15) is 0 Å². The first-order valence-corrected chi connectivity index (χ1v) is 10.0. The standard InChI is InChI=1S/C19H18N4OS2/c1-13(24)21-16-7-5-15(6-8-16)18-12-26-19(22-18)23-20-11-14-3-9-17(25-2)10-4-14/h3-12H,1-2H3,(H,21,24)(H,22,23)/b20-11+.